The minimum absolute atomic E-state index is 0.0509. The van der Waals surface area contributed by atoms with E-state index in [1.807, 2.05) is 53.8 Å². The molecule has 0 aliphatic heterocycles. The van der Waals surface area contributed by atoms with Crippen molar-refractivity contribution in [2.24, 2.45) is 0 Å². The summed E-state index contributed by atoms with van der Waals surface area (Å²) in [4.78, 5) is 35.4. The number of halogens is 2. The fourth-order valence-corrected chi connectivity index (χ4v) is 3.81. The Morgan fingerprint density at radius 2 is 1.68 bits per heavy atom. The van der Waals surface area contributed by atoms with Crippen LogP contribution in [-0.4, -0.2) is 47.3 Å². The van der Waals surface area contributed by atoms with Crippen molar-refractivity contribution in [3.8, 4) is 11.1 Å². The number of hydrogen-bond acceptors (Lipinski definition) is 6. The summed E-state index contributed by atoms with van der Waals surface area (Å²) in [7, 11) is 0. The highest BCUT2D eigenvalue weighted by molar-refractivity contribution is 5.96. The van der Waals surface area contributed by atoms with Crippen LogP contribution in [0.15, 0.2) is 59.1 Å². The lowest BCUT2D eigenvalue weighted by Crippen LogP contribution is -2.42. The van der Waals surface area contributed by atoms with Crippen molar-refractivity contribution in [1.82, 2.24) is 10.5 Å². The van der Waals surface area contributed by atoms with E-state index < -0.39 is 42.6 Å². The second kappa shape index (κ2) is 9.69. The second-order valence-electron chi connectivity index (χ2n) is 7.52. The molecule has 2 amide bonds. The molecule has 9 nitrogen and oxygen atoms in total. The molecule has 176 valence electrons. The summed E-state index contributed by atoms with van der Waals surface area (Å²) in [5, 5.41) is 16.6. The van der Waals surface area contributed by atoms with E-state index in [1.54, 1.807) is 0 Å². The highest BCUT2D eigenvalue weighted by atomic mass is 19.3. The fraction of sp³-hybridized carbons (Fsp3) is 0.217. The van der Waals surface area contributed by atoms with Crippen LogP contribution in [0, 0.1) is 0 Å². The first-order valence-corrected chi connectivity index (χ1v) is 10.2. The molecule has 1 aliphatic carbocycles. The molecule has 0 spiro atoms. The Kier molecular flexibility index (Phi) is 6.53. The maximum Gasteiger partial charge on any atom is 0.414 e. The summed E-state index contributed by atoms with van der Waals surface area (Å²) in [6.45, 7) is 0.0509. The van der Waals surface area contributed by atoms with Crippen molar-refractivity contribution in [1.29, 1.82) is 0 Å². The third kappa shape index (κ3) is 4.87. The molecular formula is C23H19F2N3O6. The molecule has 1 aromatic heterocycles. The van der Waals surface area contributed by atoms with Crippen LogP contribution in [0.3, 0.4) is 0 Å². The molecule has 1 aliphatic rings. The first-order chi connectivity index (χ1) is 16.3. The molecule has 34 heavy (non-hydrogen) atoms. The zero-order valence-corrected chi connectivity index (χ0v) is 17.5. The van der Waals surface area contributed by atoms with Gasteiger partial charge in [0, 0.05) is 18.4 Å². The monoisotopic (exact) mass is 471 g/mol. The van der Waals surface area contributed by atoms with E-state index >= 15 is 0 Å². The zero-order valence-electron chi connectivity index (χ0n) is 17.5. The highest BCUT2D eigenvalue weighted by Gasteiger charge is 2.29. The Balaban J connectivity index is 1.36. The van der Waals surface area contributed by atoms with Gasteiger partial charge in [-0.25, -0.2) is 18.4 Å². The largest absolute Gasteiger partial charge is 0.480 e. The predicted molar refractivity (Wildman–Crippen MR) is 115 cm³/mol. The molecule has 0 fully saturated rings. The number of benzene rings is 2. The first kappa shape index (κ1) is 22.9. The number of carboxylic acids is 1. The van der Waals surface area contributed by atoms with Crippen LogP contribution in [0.25, 0.3) is 11.1 Å². The average Bonchev–Trinajstić information content (AvgIpc) is 3.39. The van der Waals surface area contributed by atoms with Gasteiger partial charge in [0.2, 0.25) is 12.3 Å². The predicted octanol–water partition coefficient (Wildman–Crippen LogP) is 3.87. The molecule has 1 unspecified atom stereocenters. The number of anilines is 1. The van der Waals surface area contributed by atoms with Crippen molar-refractivity contribution >= 4 is 23.9 Å². The minimum Gasteiger partial charge on any atom is -0.480 e. The molecular weight excluding hydrogens is 452 g/mol. The molecule has 3 N–H and O–H groups in total. The second-order valence-corrected chi connectivity index (χ2v) is 7.52. The normalized spacial score (nSPS) is 13.1. The number of alkyl halides is 2. The minimum atomic E-state index is -2.93. The Labute approximate surface area is 191 Å². The standard InChI is InChI=1S/C23H19F2N3O6/c24-19(25)9-18(22(30)31)26-21(29)17-10-20(34-28-17)27-23(32)33-11-16-14-7-3-1-5-12(14)13-6-2-4-8-15(13)16/h1-8,10,16,18-19H,9,11H2,(H,26,29)(H,27,32)(H,30,31). The van der Waals surface area contributed by atoms with Crippen LogP contribution < -0.4 is 10.6 Å². The van der Waals surface area contributed by atoms with Crippen LogP contribution in [0.5, 0.6) is 0 Å². The Morgan fingerprint density at radius 3 is 2.26 bits per heavy atom. The van der Waals surface area contributed by atoms with Crippen molar-refractivity contribution in [3.63, 3.8) is 0 Å². The summed E-state index contributed by atoms with van der Waals surface area (Å²) in [5.74, 6) is -3.05. The number of hydrogen-bond donors (Lipinski definition) is 3. The number of rotatable bonds is 8. The van der Waals surface area contributed by atoms with E-state index in [4.69, 9.17) is 14.4 Å². The molecule has 4 rings (SSSR count). The number of carbonyl (C=O) groups excluding carboxylic acids is 2. The van der Waals surface area contributed by atoms with Gasteiger partial charge in [-0.3, -0.25) is 10.1 Å². The maximum absolute atomic E-state index is 12.5. The van der Waals surface area contributed by atoms with Gasteiger partial charge in [-0.05, 0) is 22.3 Å². The lowest BCUT2D eigenvalue weighted by atomic mass is 9.98. The maximum atomic E-state index is 12.5. The van der Waals surface area contributed by atoms with Crippen LogP contribution in [0.1, 0.15) is 34.0 Å². The fourth-order valence-electron chi connectivity index (χ4n) is 3.81. The Bertz CT molecular complexity index is 1180. The molecule has 3 aromatic rings. The van der Waals surface area contributed by atoms with Gasteiger partial charge in [0.05, 0.1) is 0 Å². The molecule has 0 radical (unpaired) electrons. The van der Waals surface area contributed by atoms with Gasteiger partial charge in [0.1, 0.15) is 12.6 Å². The van der Waals surface area contributed by atoms with E-state index in [9.17, 15) is 23.2 Å². The van der Waals surface area contributed by atoms with Crippen molar-refractivity contribution < 1.29 is 37.5 Å². The number of nitrogens with zero attached hydrogens (tertiary/aromatic N) is 1. The molecule has 0 saturated carbocycles. The van der Waals surface area contributed by atoms with E-state index in [1.165, 1.54) is 0 Å². The van der Waals surface area contributed by atoms with Gasteiger partial charge >= 0.3 is 12.1 Å². The van der Waals surface area contributed by atoms with Crippen LogP contribution >= 0.6 is 0 Å². The number of ether oxygens (including phenoxy) is 1. The topological polar surface area (TPSA) is 131 Å². The summed E-state index contributed by atoms with van der Waals surface area (Å²) in [6.07, 6.45) is -4.85. The smallest absolute Gasteiger partial charge is 0.414 e. The third-order valence-electron chi connectivity index (χ3n) is 5.33. The number of carbonyl (C=O) groups is 3. The van der Waals surface area contributed by atoms with Crippen molar-refractivity contribution in [2.75, 3.05) is 11.9 Å². The SMILES string of the molecule is O=C(Nc1cc(C(=O)NC(CC(F)F)C(=O)O)no1)OCC1c2ccccc2-c2ccccc21. The zero-order chi connectivity index (χ0) is 24.2. The van der Waals surface area contributed by atoms with Crippen LogP contribution in [-0.2, 0) is 9.53 Å². The molecule has 2 aromatic carbocycles. The lowest BCUT2D eigenvalue weighted by Gasteiger charge is -2.14. The van der Waals surface area contributed by atoms with Crippen LogP contribution in [0.2, 0.25) is 0 Å². The molecule has 0 saturated heterocycles. The average molecular weight is 471 g/mol. The van der Waals surface area contributed by atoms with E-state index in [0.29, 0.717) is 0 Å². The Morgan fingerprint density at radius 1 is 1.06 bits per heavy atom. The van der Waals surface area contributed by atoms with E-state index in [0.717, 1.165) is 28.3 Å². The van der Waals surface area contributed by atoms with Crippen molar-refractivity contribution in [2.45, 2.75) is 24.8 Å². The summed E-state index contributed by atoms with van der Waals surface area (Å²) in [6, 6.07) is 14.9. The van der Waals surface area contributed by atoms with E-state index in [-0.39, 0.29) is 18.4 Å². The molecule has 0 bridgehead atoms. The number of fused-ring (bicyclic) bond motifs is 3. The number of carboxylic acid groups (broad SMARTS) is 1. The number of aliphatic carboxylic acids is 1. The summed E-state index contributed by atoms with van der Waals surface area (Å²) >= 11 is 0. The van der Waals surface area contributed by atoms with Gasteiger partial charge < -0.3 is 19.7 Å². The summed E-state index contributed by atoms with van der Waals surface area (Å²) in [5.41, 5.74) is 3.82. The first-order valence-electron chi connectivity index (χ1n) is 10.2. The third-order valence-corrected chi connectivity index (χ3v) is 5.33. The van der Waals surface area contributed by atoms with Gasteiger partial charge in [0.25, 0.3) is 5.91 Å². The summed E-state index contributed by atoms with van der Waals surface area (Å²) < 4.78 is 35.2. The molecule has 11 heteroatoms. The number of nitrogens with one attached hydrogen (secondary N) is 2. The number of amides is 2. The highest BCUT2D eigenvalue weighted by Crippen LogP contribution is 2.44. The van der Waals surface area contributed by atoms with Gasteiger partial charge in [-0.1, -0.05) is 53.7 Å². The molecule has 1 heterocycles. The molecule has 1 atom stereocenters. The van der Waals surface area contributed by atoms with Gasteiger partial charge in [-0.2, -0.15) is 0 Å². The Hall–Kier alpha value is -4.28. The van der Waals surface area contributed by atoms with Crippen LogP contribution in [0.4, 0.5) is 19.5 Å². The van der Waals surface area contributed by atoms with Gasteiger partial charge in [-0.15, -0.1) is 0 Å². The number of aromatic nitrogens is 1. The van der Waals surface area contributed by atoms with Gasteiger partial charge in [0.15, 0.2) is 5.69 Å². The van der Waals surface area contributed by atoms with Crippen molar-refractivity contribution in [3.05, 3.63) is 71.4 Å². The quantitative estimate of drug-likeness (QED) is 0.455. The lowest BCUT2D eigenvalue weighted by molar-refractivity contribution is -0.140. The van der Waals surface area contributed by atoms with E-state index in [2.05, 4.69) is 10.5 Å².